The Hall–Kier alpha value is -0.980. The Labute approximate surface area is 61.9 Å². The SMILES string of the molecule is C=C(N)C1=CC(C)CC=C1. The van der Waals surface area contributed by atoms with Gasteiger partial charge in [-0.25, -0.2) is 0 Å². The van der Waals surface area contributed by atoms with E-state index in [0.29, 0.717) is 11.6 Å². The zero-order chi connectivity index (χ0) is 7.56. The van der Waals surface area contributed by atoms with Crippen molar-refractivity contribution in [1.29, 1.82) is 0 Å². The predicted octanol–water partition coefficient (Wildman–Crippen LogP) is 1.98. The Morgan fingerprint density at radius 1 is 1.80 bits per heavy atom. The summed E-state index contributed by atoms with van der Waals surface area (Å²) in [5.41, 5.74) is 7.27. The summed E-state index contributed by atoms with van der Waals surface area (Å²) in [7, 11) is 0. The summed E-state index contributed by atoms with van der Waals surface area (Å²) in [6.45, 7) is 5.84. The highest BCUT2D eigenvalue weighted by Gasteiger charge is 2.03. The van der Waals surface area contributed by atoms with Crippen LogP contribution in [-0.4, -0.2) is 0 Å². The number of hydrogen-bond donors (Lipinski definition) is 1. The summed E-state index contributed by atoms with van der Waals surface area (Å²) >= 11 is 0. The largest absolute Gasteiger partial charge is 0.399 e. The van der Waals surface area contributed by atoms with Gasteiger partial charge in [0.15, 0.2) is 0 Å². The van der Waals surface area contributed by atoms with E-state index >= 15 is 0 Å². The molecular weight excluding hydrogens is 122 g/mol. The van der Waals surface area contributed by atoms with E-state index in [2.05, 4.69) is 25.7 Å². The van der Waals surface area contributed by atoms with E-state index in [1.807, 2.05) is 6.08 Å². The van der Waals surface area contributed by atoms with Gasteiger partial charge in [0.25, 0.3) is 0 Å². The fourth-order valence-corrected chi connectivity index (χ4v) is 1.05. The summed E-state index contributed by atoms with van der Waals surface area (Å²) in [5.74, 6) is 0.611. The van der Waals surface area contributed by atoms with Crippen molar-refractivity contribution >= 4 is 0 Å². The molecular formula is C9H13N. The molecule has 0 amide bonds. The molecule has 0 radical (unpaired) electrons. The zero-order valence-corrected chi connectivity index (χ0v) is 6.30. The molecule has 0 aromatic heterocycles. The Kier molecular flexibility index (Phi) is 1.95. The predicted molar refractivity (Wildman–Crippen MR) is 44.3 cm³/mol. The lowest BCUT2D eigenvalue weighted by atomic mass is 9.97. The Balaban J connectivity index is 2.76. The molecule has 0 saturated heterocycles. The van der Waals surface area contributed by atoms with Crippen LogP contribution in [-0.2, 0) is 0 Å². The number of hydrogen-bond acceptors (Lipinski definition) is 1. The van der Waals surface area contributed by atoms with Gasteiger partial charge in [-0.2, -0.15) is 0 Å². The molecule has 0 aromatic rings. The molecule has 0 saturated carbocycles. The summed E-state index contributed by atoms with van der Waals surface area (Å²) in [6.07, 6.45) is 7.44. The van der Waals surface area contributed by atoms with Crippen molar-refractivity contribution in [3.05, 3.63) is 36.1 Å². The molecule has 1 atom stereocenters. The van der Waals surface area contributed by atoms with Gasteiger partial charge >= 0.3 is 0 Å². The van der Waals surface area contributed by atoms with E-state index in [1.165, 1.54) is 0 Å². The van der Waals surface area contributed by atoms with Crippen LogP contribution in [0.5, 0.6) is 0 Å². The molecule has 0 bridgehead atoms. The van der Waals surface area contributed by atoms with E-state index in [4.69, 9.17) is 5.73 Å². The third-order valence-corrected chi connectivity index (χ3v) is 1.64. The van der Waals surface area contributed by atoms with Crippen molar-refractivity contribution in [2.75, 3.05) is 0 Å². The van der Waals surface area contributed by atoms with Crippen LogP contribution in [0.15, 0.2) is 36.1 Å². The number of nitrogens with two attached hydrogens (primary N) is 1. The van der Waals surface area contributed by atoms with Crippen LogP contribution in [0.25, 0.3) is 0 Å². The smallest absolute Gasteiger partial charge is 0.0311 e. The molecule has 1 aliphatic rings. The maximum Gasteiger partial charge on any atom is 0.0311 e. The van der Waals surface area contributed by atoms with E-state index < -0.39 is 0 Å². The van der Waals surface area contributed by atoms with Gasteiger partial charge in [-0.15, -0.1) is 0 Å². The molecule has 1 rings (SSSR count). The van der Waals surface area contributed by atoms with Crippen LogP contribution >= 0.6 is 0 Å². The first-order valence-electron chi connectivity index (χ1n) is 3.53. The summed E-state index contributed by atoms with van der Waals surface area (Å²) in [4.78, 5) is 0. The quantitative estimate of drug-likeness (QED) is 0.584. The van der Waals surface area contributed by atoms with Gasteiger partial charge in [-0.05, 0) is 17.9 Å². The van der Waals surface area contributed by atoms with Gasteiger partial charge in [0, 0.05) is 5.70 Å². The average molecular weight is 135 g/mol. The molecule has 10 heavy (non-hydrogen) atoms. The zero-order valence-electron chi connectivity index (χ0n) is 6.30. The molecule has 1 nitrogen and oxygen atoms in total. The first kappa shape index (κ1) is 7.13. The first-order valence-corrected chi connectivity index (χ1v) is 3.53. The lowest BCUT2D eigenvalue weighted by molar-refractivity contribution is 0.730. The molecule has 0 heterocycles. The maximum absolute atomic E-state index is 5.52. The van der Waals surface area contributed by atoms with Gasteiger partial charge in [0.05, 0.1) is 0 Å². The van der Waals surface area contributed by atoms with Crippen molar-refractivity contribution in [3.8, 4) is 0 Å². The molecule has 1 unspecified atom stereocenters. The Bertz CT molecular complexity index is 199. The second-order valence-electron chi connectivity index (χ2n) is 2.76. The monoisotopic (exact) mass is 135 g/mol. The minimum Gasteiger partial charge on any atom is -0.399 e. The summed E-state index contributed by atoms with van der Waals surface area (Å²) in [6, 6.07) is 0. The normalized spacial score (nSPS) is 24.1. The van der Waals surface area contributed by atoms with Crippen molar-refractivity contribution in [2.24, 2.45) is 11.7 Å². The third-order valence-electron chi connectivity index (χ3n) is 1.64. The maximum atomic E-state index is 5.52. The van der Waals surface area contributed by atoms with Crippen LogP contribution in [0.4, 0.5) is 0 Å². The molecule has 0 spiro atoms. The highest BCUT2D eigenvalue weighted by molar-refractivity contribution is 5.38. The summed E-state index contributed by atoms with van der Waals surface area (Å²) in [5, 5.41) is 0. The lowest BCUT2D eigenvalue weighted by Crippen LogP contribution is -2.02. The van der Waals surface area contributed by atoms with E-state index in [1.54, 1.807) is 0 Å². The number of rotatable bonds is 1. The van der Waals surface area contributed by atoms with Gasteiger partial charge in [0.1, 0.15) is 0 Å². The minimum atomic E-state index is 0.611. The lowest BCUT2D eigenvalue weighted by Gasteiger charge is -2.11. The fourth-order valence-electron chi connectivity index (χ4n) is 1.05. The van der Waals surface area contributed by atoms with Gasteiger partial charge in [-0.3, -0.25) is 0 Å². The molecule has 0 aromatic carbocycles. The molecule has 54 valence electrons. The Morgan fingerprint density at radius 2 is 2.50 bits per heavy atom. The average Bonchev–Trinajstić information content (AvgIpc) is 1.88. The van der Waals surface area contributed by atoms with Crippen molar-refractivity contribution < 1.29 is 0 Å². The fraction of sp³-hybridized carbons (Fsp3) is 0.333. The third kappa shape index (κ3) is 1.50. The first-order chi connectivity index (χ1) is 4.70. The molecule has 1 heteroatoms. The van der Waals surface area contributed by atoms with Crippen LogP contribution in [0.3, 0.4) is 0 Å². The second kappa shape index (κ2) is 2.74. The van der Waals surface area contributed by atoms with E-state index in [-0.39, 0.29) is 0 Å². The van der Waals surface area contributed by atoms with Crippen LogP contribution < -0.4 is 5.73 Å². The van der Waals surface area contributed by atoms with Gasteiger partial charge in [0.2, 0.25) is 0 Å². The molecule has 0 aliphatic heterocycles. The van der Waals surface area contributed by atoms with Gasteiger partial charge in [-0.1, -0.05) is 31.7 Å². The van der Waals surface area contributed by atoms with Crippen molar-refractivity contribution in [2.45, 2.75) is 13.3 Å². The van der Waals surface area contributed by atoms with Crippen LogP contribution in [0.1, 0.15) is 13.3 Å². The van der Waals surface area contributed by atoms with E-state index in [9.17, 15) is 0 Å². The van der Waals surface area contributed by atoms with Crippen LogP contribution in [0, 0.1) is 5.92 Å². The topological polar surface area (TPSA) is 26.0 Å². The second-order valence-corrected chi connectivity index (χ2v) is 2.76. The van der Waals surface area contributed by atoms with Crippen LogP contribution in [0.2, 0.25) is 0 Å². The molecule has 0 fully saturated rings. The molecule has 2 N–H and O–H groups in total. The summed E-state index contributed by atoms with van der Waals surface area (Å²) < 4.78 is 0. The number of allylic oxidation sites excluding steroid dienone is 3. The highest BCUT2D eigenvalue weighted by Crippen LogP contribution is 2.17. The minimum absolute atomic E-state index is 0.611. The van der Waals surface area contributed by atoms with Gasteiger partial charge < -0.3 is 5.73 Å². The standard InChI is InChI=1S/C9H13N/c1-7-4-3-5-9(6-7)8(2)10/h3,5-7H,2,4,10H2,1H3. The Morgan fingerprint density at radius 3 is 2.90 bits per heavy atom. The van der Waals surface area contributed by atoms with E-state index in [0.717, 1.165) is 12.0 Å². The van der Waals surface area contributed by atoms with Crippen molar-refractivity contribution in [3.63, 3.8) is 0 Å². The molecule has 1 aliphatic carbocycles. The van der Waals surface area contributed by atoms with Crippen molar-refractivity contribution in [1.82, 2.24) is 0 Å². The highest BCUT2D eigenvalue weighted by atomic mass is 14.6.